The Morgan fingerprint density at radius 2 is 1.59 bits per heavy atom. The summed E-state index contributed by atoms with van der Waals surface area (Å²) in [6.45, 7) is 3.73. The Kier molecular flexibility index (Phi) is 5.57. The lowest BCUT2D eigenvalue weighted by atomic mass is 10.0. The monoisotopic (exact) mass is 471 g/mol. The van der Waals surface area contributed by atoms with Crippen molar-refractivity contribution in [2.45, 2.75) is 38.0 Å². The molecule has 0 saturated carbocycles. The maximum atomic E-state index is 13.3. The van der Waals surface area contributed by atoms with Gasteiger partial charge in [0.1, 0.15) is 0 Å². The molecule has 1 aromatic heterocycles. The molecule has 6 nitrogen and oxygen atoms in total. The fraction of sp³-hybridized carbons (Fsp3) is 0.185. The molecule has 1 amide bonds. The average Bonchev–Trinajstić information content (AvgIpc) is 3.28. The fourth-order valence-corrected chi connectivity index (χ4v) is 5.75. The maximum Gasteiger partial charge on any atom is 0.261 e. The van der Waals surface area contributed by atoms with Crippen molar-refractivity contribution >= 4 is 38.2 Å². The molecule has 172 valence electrons. The first-order valence-corrected chi connectivity index (χ1v) is 12.7. The third-order valence-corrected chi connectivity index (χ3v) is 7.65. The summed E-state index contributed by atoms with van der Waals surface area (Å²) in [6.07, 6.45) is 2.69. The largest absolute Gasteiger partial charge is 0.322 e. The van der Waals surface area contributed by atoms with E-state index in [1.165, 1.54) is 12.1 Å². The molecule has 34 heavy (non-hydrogen) atoms. The number of carbonyl (C=O) groups excluding carboxylic acids is 1. The van der Waals surface area contributed by atoms with Crippen molar-refractivity contribution in [2.24, 2.45) is 0 Å². The lowest BCUT2D eigenvalue weighted by Crippen LogP contribution is -2.17. The van der Waals surface area contributed by atoms with Crippen molar-refractivity contribution in [3.63, 3.8) is 0 Å². The molecule has 0 radical (unpaired) electrons. The van der Waals surface area contributed by atoms with Crippen LogP contribution in [0.2, 0.25) is 0 Å². The van der Waals surface area contributed by atoms with E-state index >= 15 is 0 Å². The topological polar surface area (TPSA) is 88.2 Å². The van der Waals surface area contributed by atoms with E-state index < -0.39 is 10.0 Å². The summed E-state index contributed by atoms with van der Waals surface area (Å²) in [5.41, 5.74) is 6.28. The van der Waals surface area contributed by atoms with Crippen LogP contribution in [0.5, 0.6) is 0 Å². The summed E-state index contributed by atoms with van der Waals surface area (Å²) < 4.78 is 28.5. The molecule has 4 aromatic rings. The number of nitrogens with zero attached hydrogens (tertiary/aromatic N) is 1. The van der Waals surface area contributed by atoms with Crippen molar-refractivity contribution in [1.82, 2.24) is 4.98 Å². The normalized spacial score (nSPS) is 13.0. The molecule has 5 rings (SSSR count). The smallest absolute Gasteiger partial charge is 0.261 e. The number of amides is 1. The summed E-state index contributed by atoms with van der Waals surface area (Å²) in [4.78, 5) is 18.2. The van der Waals surface area contributed by atoms with Gasteiger partial charge in [0.25, 0.3) is 15.9 Å². The van der Waals surface area contributed by atoms with E-state index in [0.717, 1.165) is 52.5 Å². The number of rotatable bonds is 5. The SMILES string of the molecule is Cc1cccc(C)c1NS(=O)(=O)c1ccc(NC(=O)c2c3c(nc4ccccc24)CCC3)cc1. The van der Waals surface area contributed by atoms with Gasteiger partial charge < -0.3 is 5.32 Å². The van der Waals surface area contributed by atoms with E-state index in [4.69, 9.17) is 4.98 Å². The summed E-state index contributed by atoms with van der Waals surface area (Å²) in [5, 5.41) is 3.78. The third kappa shape index (κ3) is 4.03. The zero-order valence-electron chi connectivity index (χ0n) is 19.1. The van der Waals surface area contributed by atoms with Gasteiger partial charge in [-0.2, -0.15) is 0 Å². The van der Waals surface area contributed by atoms with E-state index in [-0.39, 0.29) is 10.8 Å². The van der Waals surface area contributed by atoms with Gasteiger partial charge in [-0.1, -0.05) is 36.4 Å². The fourth-order valence-electron chi connectivity index (χ4n) is 4.55. The first-order valence-electron chi connectivity index (χ1n) is 11.2. The molecule has 1 aliphatic rings. The number of hydrogen-bond donors (Lipinski definition) is 2. The molecule has 0 atom stereocenters. The molecule has 1 aliphatic carbocycles. The first-order chi connectivity index (χ1) is 16.3. The van der Waals surface area contributed by atoms with Crippen LogP contribution in [-0.4, -0.2) is 19.3 Å². The van der Waals surface area contributed by atoms with Crippen molar-refractivity contribution < 1.29 is 13.2 Å². The molecule has 0 spiro atoms. The maximum absolute atomic E-state index is 13.3. The second-order valence-corrected chi connectivity index (χ2v) is 10.3. The minimum absolute atomic E-state index is 0.128. The lowest BCUT2D eigenvalue weighted by Gasteiger charge is -2.14. The minimum atomic E-state index is -3.76. The van der Waals surface area contributed by atoms with E-state index in [9.17, 15) is 13.2 Å². The molecule has 0 bridgehead atoms. The van der Waals surface area contributed by atoms with Crippen molar-refractivity contribution in [1.29, 1.82) is 0 Å². The van der Waals surface area contributed by atoms with Crippen molar-refractivity contribution in [2.75, 3.05) is 10.0 Å². The number of pyridine rings is 1. The molecule has 0 unspecified atom stereocenters. The highest BCUT2D eigenvalue weighted by atomic mass is 32.2. The predicted octanol–water partition coefficient (Wildman–Crippen LogP) is 5.39. The number of benzene rings is 3. The van der Waals surface area contributed by atoms with Crippen molar-refractivity contribution in [3.8, 4) is 0 Å². The van der Waals surface area contributed by atoms with Crippen LogP contribution in [0.3, 0.4) is 0 Å². The van der Waals surface area contributed by atoms with Crippen LogP contribution in [0, 0.1) is 13.8 Å². The van der Waals surface area contributed by atoms with Gasteiger partial charge in [0, 0.05) is 16.8 Å². The third-order valence-electron chi connectivity index (χ3n) is 6.29. The number of aromatic nitrogens is 1. The van der Waals surface area contributed by atoms with Gasteiger partial charge >= 0.3 is 0 Å². The first kappa shape index (κ1) is 22.1. The number of fused-ring (bicyclic) bond motifs is 2. The summed E-state index contributed by atoms with van der Waals surface area (Å²) in [7, 11) is -3.76. The Morgan fingerprint density at radius 1 is 0.882 bits per heavy atom. The number of sulfonamides is 1. The number of para-hydroxylation sites is 2. The molecule has 3 aromatic carbocycles. The van der Waals surface area contributed by atoms with Crippen molar-refractivity contribution in [3.05, 3.63) is 94.7 Å². The molecule has 2 N–H and O–H groups in total. The molecule has 0 fully saturated rings. The number of carbonyl (C=O) groups is 1. The molecular formula is C27H25N3O3S. The second-order valence-electron chi connectivity index (χ2n) is 8.63. The highest BCUT2D eigenvalue weighted by molar-refractivity contribution is 7.92. The average molecular weight is 472 g/mol. The Hall–Kier alpha value is -3.71. The van der Waals surface area contributed by atoms with Crippen LogP contribution < -0.4 is 10.0 Å². The molecule has 0 aliphatic heterocycles. The van der Waals surface area contributed by atoms with Gasteiger partial charge in [-0.25, -0.2) is 8.42 Å². The van der Waals surface area contributed by atoms with Gasteiger partial charge in [-0.3, -0.25) is 14.5 Å². The molecule has 7 heteroatoms. The summed E-state index contributed by atoms with van der Waals surface area (Å²) in [6, 6.07) is 19.5. The van der Waals surface area contributed by atoms with Crippen LogP contribution >= 0.6 is 0 Å². The highest BCUT2D eigenvalue weighted by Crippen LogP contribution is 2.31. The molecule has 0 saturated heterocycles. The molecular weight excluding hydrogens is 446 g/mol. The summed E-state index contributed by atoms with van der Waals surface area (Å²) in [5.74, 6) is -0.207. The van der Waals surface area contributed by atoms with Gasteiger partial charge in [0.05, 0.1) is 21.7 Å². The standard InChI is InChI=1S/C27H25N3O3S/c1-17-7-5-8-18(2)26(17)30-34(32,33)20-15-13-19(14-16-20)28-27(31)25-21-9-3-4-11-23(21)29-24-12-6-10-22(24)25/h3-5,7-9,11,13-16,30H,6,10,12H2,1-2H3,(H,28,31). The Bertz CT molecular complexity index is 1510. The van der Waals surface area contributed by atoms with Gasteiger partial charge in [0.2, 0.25) is 0 Å². The highest BCUT2D eigenvalue weighted by Gasteiger charge is 2.24. The van der Waals surface area contributed by atoms with Gasteiger partial charge in [-0.15, -0.1) is 0 Å². The van der Waals surface area contributed by atoms with Gasteiger partial charge in [0.15, 0.2) is 0 Å². The lowest BCUT2D eigenvalue weighted by molar-refractivity contribution is 0.102. The van der Waals surface area contributed by atoms with Crippen LogP contribution in [0.15, 0.2) is 71.6 Å². The zero-order chi connectivity index (χ0) is 23.9. The number of anilines is 2. The van der Waals surface area contributed by atoms with Gasteiger partial charge in [-0.05, 0) is 80.1 Å². The van der Waals surface area contributed by atoms with Crippen LogP contribution in [-0.2, 0) is 22.9 Å². The van der Waals surface area contributed by atoms with E-state index in [0.29, 0.717) is 16.9 Å². The summed E-state index contributed by atoms with van der Waals surface area (Å²) >= 11 is 0. The Balaban J connectivity index is 1.41. The number of hydrogen-bond acceptors (Lipinski definition) is 4. The van der Waals surface area contributed by atoms with Crippen LogP contribution in [0.1, 0.15) is 39.2 Å². The second kappa shape index (κ2) is 8.57. The van der Waals surface area contributed by atoms with Crippen LogP contribution in [0.4, 0.5) is 11.4 Å². The van der Waals surface area contributed by atoms with E-state index in [1.807, 2.05) is 56.3 Å². The molecule has 1 heterocycles. The Labute approximate surface area is 199 Å². The number of nitrogens with one attached hydrogen (secondary N) is 2. The zero-order valence-corrected chi connectivity index (χ0v) is 19.9. The predicted molar refractivity (Wildman–Crippen MR) is 135 cm³/mol. The van der Waals surface area contributed by atoms with E-state index in [2.05, 4.69) is 10.0 Å². The van der Waals surface area contributed by atoms with E-state index in [1.54, 1.807) is 12.1 Å². The number of aryl methyl sites for hydroxylation is 3. The van der Waals surface area contributed by atoms with Crippen LogP contribution in [0.25, 0.3) is 10.9 Å². The quantitative estimate of drug-likeness (QED) is 0.408. The Morgan fingerprint density at radius 3 is 2.32 bits per heavy atom. The minimum Gasteiger partial charge on any atom is -0.322 e.